The van der Waals surface area contributed by atoms with E-state index in [1.807, 2.05) is 16.9 Å². The van der Waals surface area contributed by atoms with Crippen molar-refractivity contribution in [3.8, 4) is 11.4 Å². The maximum atomic E-state index is 13.4. The molecule has 0 saturated carbocycles. The summed E-state index contributed by atoms with van der Waals surface area (Å²) in [5.74, 6) is 0.656. The van der Waals surface area contributed by atoms with E-state index in [0.717, 1.165) is 41.9 Å². The monoisotopic (exact) mass is 399 g/mol. The average molecular weight is 399 g/mol. The zero-order valence-electron chi connectivity index (χ0n) is 17.0. The fourth-order valence-electron chi connectivity index (χ4n) is 5.23. The summed E-state index contributed by atoms with van der Waals surface area (Å²) in [7, 11) is 1.71. The van der Waals surface area contributed by atoms with E-state index in [1.54, 1.807) is 19.2 Å². The highest BCUT2D eigenvalue weighted by Gasteiger charge is 2.42. The molecule has 0 fully saturated rings. The Morgan fingerprint density at radius 2 is 1.97 bits per heavy atom. The summed E-state index contributed by atoms with van der Waals surface area (Å²) in [6, 6.07) is 12.8. The molecular formula is C25H22FN3O. The largest absolute Gasteiger partial charge is 0.497 e. The molecule has 2 aromatic heterocycles. The number of aromatic nitrogens is 3. The summed E-state index contributed by atoms with van der Waals surface area (Å²) in [5, 5.41) is 5.89. The first kappa shape index (κ1) is 17.5. The van der Waals surface area contributed by atoms with Gasteiger partial charge in [-0.25, -0.2) is 9.07 Å². The van der Waals surface area contributed by atoms with Crippen molar-refractivity contribution in [3.05, 3.63) is 82.6 Å². The van der Waals surface area contributed by atoms with Crippen LogP contribution in [0.4, 0.5) is 4.39 Å². The van der Waals surface area contributed by atoms with Gasteiger partial charge in [-0.05, 0) is 85.9 Å². The van der Waals surface area contributed by atoms with Gasteiger partial charge in [-0.1, -0.05) is 5.57 Å². The van der Waals surface area contributed by atoms with Gasteiger partial charge in [0.25, 0.3) is 0 Å². The third-order valence-corrected chi connectivity index (χ3v) is 6.83. The number of aromatic amines is 1. The summed E-state index contributed by atoms with van der Waals surface area (Å²) in [6.07, 6.45) is 7.17. The van der Waals surface area contributed by atoms with Gasteiger partial charge >= 0.3 is 0 Å². The highest BCUT2D eigenvalue weighted by Crippen LogP contribution is 2.49. The number of rotatable bonds is 2. The van der Waals surface area contributed by atoms with E-state index >= 15 is 0 Å². The Hall–Kier alpha value is -3.34. The Morgan fingerprint density at radius 1 is 1.13 bits per heavy atom. The molecule has 2 aliphatic carbocycles. The van der Waals surface area contributed by atoms with Gasteiger partial charge in [-0.3, -0.25) is 0 Å². The molecule has 4 nitrogen and oxygen atoms in total. The fraction of sp³-hybridized carbons (Fsp3) is 0.240. The predicted molar refractivity (Wildman–Crippen MR) is 116 cm³/mol. The number of fused-ring (bicyclic) bond motifs is 6. The van der Waals surface area contributed by atoms with Crippen LogP contribution in [0, 0.1) is 5.82 Å². The molecule has 0 radical (unpaired) electrons. The van der Waals surface area contributed by atoms with Gasteiger partial charge in [-0.2, -0.15) is 5.10 Å². The minimum absolute atomic E-state index is 0.0799. The Morgan fingerprint density at radius 3 is 2.77 bits per heavy atom. The molecule has 4 aromatic rings. The smallest absolute Gasteiger partial charge is 0.123 e. The van der Waals surface area contributed by atoms with Crippen molar-refractivity contribution in [2.75, 3.05) is 7.11 Å². The third-order valence-electron chi connectivity index (χ3n) is 6.83. The van der Waals surface area contributed by atoms with Crippen LogP contribution >= 0.6 is 0 Å². The highest BCUT2D eigenvalue weighted by atomic mass is 19.1. The summed E-state index contributed by atoms with van der Waals surface area (Å²) < 4.78 is 20.7. The lowest BCUT2D eigenvalue weighted by atomic mass is 9.65. The second-order valence-corrected chi connectivity index (χ2v) is 8.51. The maximum Gasteiger partial charge on any atom is 0.123 e. The fourth-order valence-corrected chi connectivity index (χ4v) is 5.23. The van der Waals surface area contributed by atoms with Crippen LogP contribution in [0.15, 0.2) is 54.2 Å². The van der Waals surface area contributed by atoms with Gasteiger partial charge < -0.3 is 9.72 Å². The van der Waals surface area contributed by atoms with Crippen LogP contribution in [0.1, 0.15) is 35.9 Å². The maximum absolute atomic E-state index is 13.4. The molecule has 6 rings (SSSR count). The number of halogens is 1. The third kappa shape index (κ3) is 2.35. The predicted octanol–water partition coefficient (Wildman–Crippen LogP) is 5.34. The normalized spacial score (nSPS) is 19.8. The van der Waals surface area contributed by atoms with Crippen LogP contribution in [0.3, 0.4) is 0 Å². The summed E-state index contributed by atoms with van der Waals surface area (Å²) in [6.45, 7) is 2.33. The van der Waals surface area contributed by atoms with Crippen molar-refractivity contribution in [1.82, 2.24) is 14.8 Å². The molecule has 0 bridgehead atoms. The lowest BCUT2D eigenvalue weighted by molar-refractivity contribution is 0.415. The van der Waals surface area contributed by atoms with E-state index in [2.05, 4.69) is 35.2 Å². The van der Waals surface area contributed by atoms with Gasteiger partial charge in [0.1, 0.15) is 11.6 Å². The van der Waals surface area contributed by atoms with Gasteiger partial charge in [0.2, 0.25) is 0 Å². The van der Waals surface area contributed by atoms with Gasteiger partial charge in [0, 0.05) is 22.0 Å². The average Bonchev–Trinajstić information content (AvgIpc) is 3.33. The molecule has 30 heavy (non-hydrogen) atoms. The number of benzene rings is 2. The molecule has 0 spiro atoms. The van der Waals surface area contributed by atoms with E-state index in [9.17, 15) is 4.39 Å². The molecule has 1 atom stereocenters. The van der Waals surface area contributed by atoms with Crippen LogP contribution < -0.4 is 4.74 Å². The van der Waals surface area contributed by atoms with E-state index in [4.69, 9.17) is 4.74 Å². The first-order valence-corrected chi connectivity index (χ1v) is 10.3. The second-order valence-electron chi connectivity index (χ2n) is 8.51. The molecule has 0 saturated heterocycles. The number of aryl methyl sites for hydroxylation is 1. The molecular weight excluding hydrogens is 377 g/mol. The SMILES string of the molecule is COc1ccc2[nH]c3c(c2c1)CCC1=Cc2c(cnn2-c2ccc(F)cc2)CC13C. The number of nitrogens with zero attached hydrogens (tertiary/aromatic N) is 2. The van der Waals surface area contributed by atoms with Gasteiger partial charge in [0.15, 0.2) is 0 Å². The zero-order valence-corrected chi connectivity index (χ0v) is 17.0. The molecule has 2 aromatic carbocycles. The Bertz CT molecular complexity index is 1330. The number of H-pyrrole nitrogens is 1. The molecule has 2 aliphatic rings. The first-order valence-electron chi connectivity index (χ1n) is 10.3. The first-order chi connectivity index (χ1) is 14.6. The minimum atomic E-state index is -0.235. The molecule has 0 aliphatic heterocycles. The van der Waals surface area contributed by atoms with Crippen LogP contribution in [-0.2, 0) is 18.3 Å². The van der Waals surface area contributed by atoms with Gasteiger partial charge in [-0.15, -0.1) is 0 Å². The van der Waals surface area contributed by atoms with E-state index in [-0.39, 0.29) is 11.2 Å². The van der Waals surface area contributed by atoms with Crippen molar-refractivity contribution in [1.29, 1.82) is 0 Å². The molecule has 150 valence electrons. The Labute approximate surface area is 174 Å². The van der Waals surface area contributed by atoms with Crippen molar-refractivity contribution in [2.45, 2.75) is 31.6 Å². The number of ether oxygens (including phenoxy) is 1. The van der Waals surface area contributed by atoms with Crippen LogP contribution in [0.25, 0.3) is 22.7 Å². The number of hydrogen-bond acceptors (Lipinski definition) is 2. The van der Waals surface area contributed by atoms with Crippen molar-refractivity contribution in [2.24, 2.45) is 0 Å². The van der Waals surface area contributed by atoms with Crippen molar-refractivity contribution >= 4 is 17.0 Å². The second kappa shape index (κ2) is 6.08. The quantitative estimate of drug-likeness (QED) is 0.494. The van der Waals surface area contributed by atoms with Gasteiger partial charge in [0.05, 0.1) is 24.7 Å². The van der Waals surface area contributed by atoms with E-state index < -0.39 is 0 Å². The van der Waals surface area contributed by atoms with Crippen molar-refractivity contribution < 1.29 is 9.13 Å². The summed E-state index contributed by atoms with van der Waals surface area (Å²) >= 11 is 0. The standard InChI is InChI=1S/C25H22FN3O/c1-25-13-15-14-27-29(18-6-4-17(26)5-7-18)23(15)11-16(25)3-9-20-21-12-19(30-2)8-10-22(21)28-24(20)25/h4-8,10-12,14,28H,3,9,13H2,1-2H3. The van der Waals surface area contributed by atoms with Crippen molar-refractivity contribution in [3.63, 3.8) is 0 Å². The summed E-state index contributed by atoms with van der Waals surface area (Å²) in [4.78, 5) is 3.72. The van der Waals surface area contributed by atoms with Crippen LogP contribution in [0.5, 0.6) is 5.75 Å². The number of nitrogens with one attached hydrogen (secondary N) is 1. The van der Waals surface area contributed by atoms with Crippen LogP contribution in [-0.4, -0.2) is 21.9 Å². The van der Waals surface area contributed by atoms with E-state index in [1.165, 1.54) is 39.9 Å². The number of hydrogen-bond donors (Lipinski definition) is 1. The lowest BCUT2D eigenvalue weighted by Crippen LogP contribution is -2.35. The lowest BCUT2D eigenvalue weighted by Gasteiger charge is -2.39. The Balaban J connectivity index is 1.48. The Kier molecular flexibility index (Phi) is 3.55. The summed E-state index contributed by atoms with van der Waals surface area (Å²) in [5.41, 5.74) is 8.42. The van der Waals surface area contributed by atoms with E-state index in [0.29, 0.717) is 0 Å². The topological polar surface area (TPSA) is 42.8 Å². The van der Waals surface area contributed by atoms with Crippen LogP contribution in [0.2, 0.25) is 0 Å². The molecule has 0 amide bonds. The zero-order chi connectivity index (χ0) is 20.5. The molecule has 5 heteroatoms. The molecule has 1 unspecified atom stereocenters. The highest BCUT2D eigenvalue weighted by molar-refractivity contribution is 5.88. The number of methoxy groups -OCH3 is 1. The molecule has 1 N–H and O–H groups in total. The number of allylic oxidation sites excluding steroid dienone is 1. The minimum Gasteiger partial charge on any atom is -0.497 e. The molecule has 2 heterocycles.